The van der Waals surface area contributed by atoms with E-state index in [1.165, 1.54) is 16.4 Å². The molecule has 2 amide bonds. The zero-order valence-corrected chi connectivity index (χ0v) is 16.7. The number of benzene rings is 2. The molecule has 0 bridgehead atoms. The number of carbonyl (C=O) groups excluding carboxylic acids is 1. The zero-order chi connectivity index (χ0) is 20.1. The van der Waals surface area contributed by atoms with E-state index in [1.807, 2.05) is 18.2 Å². The number of carbonyl (C=O) groups is 1. The topological polar surface area (TPSA) is 69.7 Å². The van der Waals surface area contributed by atoms with Gasteiger partial charge in [0.15, 0.2) is 0 Å². The molecule has 9 heteroatoms. The van der Waals surface area contributed by atoms with E-state index in [2.05, 4.69) is 5.32 Å². The number of piperazine rings is 1. The molecule has 2 aromatic rings. The SMILES string of the molecule is O=C(NCCc1cccc(Cl)c1)N1CCN(S(=O)(=O)c2ccc(F)cc2)CC1. The lowest BCUT2D eigenvalue weighted by Crippen LogP contribution is -2.53. The quantitative estimate of drug-likeness (QED) is 0.800. The van der Waals surface area contributed by atoms with Gasteiger partial charge >= 0.3 is 6.03 Å². The Labute approximate surface area is 168 Å². The molecule has 6 nitrogen and oxygen atoms in total. The number of nitrogens with one attached hydrogen (secondary N) is 1. The van der Waals surface area contributed by atoms with Gasteiger partial charge in [0.05, 0.1) is 4.90 Å². The number of amides is 2. The van der Waals surface area contributed by atoms with Crippen LogP contribution >= 0.6 is 11.6 Å². The highest BCUT2D eigenvalue weighted by atomic mass is 35.5. The Morgan fingerprint density at radius 3 is 2.39 bits per heavy atom. The Balaban J connectivity index is 1.49. The van der Waals surface area contributed by atoms with Crippen LogP contribution in [0.5, 0.6) is 0 Å². The molecule has 2 aromatic carbocycles. The fraction of sp³-hybridized carbons (Fsp3) is 0.316. The maximum atomic E-state index is 13.0. The Hall–Kier alpha value is -2.16. The normalized spacial score (nSPS) is 15.4. The van der Waals surface area contributed by atoms with Crippen LogP contribution in [0, 0.1) is 5.82 Å². The molecule has 3 rings (SSSR count). The van der Waals surface area contributed by atoms with Crippen molar-refractivity contribution in [3.8, 4) is 0 Å². The van der Waals surface area contributed by atoms with Crippen molar-refractivity contribution in [2.45, 2.75) is 11.3 Å². The first kappa shape index (κ1) is 20.6. The van der Waals surface area contributed by atoms with Crippen LogP contribution in [0.2, 0.25) is 5.02 Å². The predicted octanol–water partition coefficient (Wildman–Crippen LogP) is 2.74. The average molecular weight is 426 g/mol. The summed E-state index contributed by atoms with van der Waals surface area (Å²) in [7, 11) is -3.69. The molecule has 28 heavy (non-hydrogen) atoms. The van der Waals surface area contributed by atoms with Crippen molar-refractivity contribution in [3.05, 3.63) is 64.9 Å². The molecule has 1 fully saturated rings. The minimum Gasteiger partial charge on any atom is -0.338 e. The maximum Gasteiger partial charge on any atom is 0.317 e. The van der Waals surface area contributed by atoms with Crippen molar-refractivity contribution in [1.29, 1.82) is 0 Å². The van der Waals surface area contributed by atoms with Crippen molar-refractivity contribution in [1.82, 2.24) is 14.5 Å². The van der Waals surface area contributed by atoms with Crippen LogP contribution in [0.3, 0.4) is 0 Å². The highest BCUT2D eigenvalue weighted by Crippen LogP contribution is 2.18. The van der Waals surface area contributed by atoms with E-state index in [9.17, 15) is 17.6 Å². The van der Waals surface area contributed by atoms with E-state index < -0.39 is 15.8 Å². The van der Waals surface area contributed by atoms with Crippen molar-refractivity contribution < 1.29 is 17.6 Å². The fourth-order valence-electron chi connectivity index (χ4n) is 3.01. The van der Waals surface area contributed by atoms with E-state index in [0.29, 0.717) is 31.1 Å². The molecule has 1 aliphatic rings. The third-order valence-corrected chi connectivity index (χ3v) is 6.70. The molecule has 1 N–H and O–H groups in total. The van der Waals surface area contributed by atoms with Gasteiger partial charge in [-0.2, -0.15) is 4.31 Å². The van der Waals surface area contributed by atoms with Crippen LogP contribution in [0.4, 0.5) is 9.18 Å². The first-order chi connectivity index (χ1) is 13.4. The summed E-state index contributed by atoms with van der Waals surface area (Å²) in [5.74, 6) is -0.488. The number of nitrogens with zero attached hydrogens (tertiary/aromatic N) is 2. The van der Waals surface area contributed by atoms with Crippen molar-refractivity contribution in [2.75, 3.05) is 32.7 Å². The molecule has 0 unspecified atom stereocenters. The van der Waals surface area contributed by atoms with Gasteiger partial charge in [-0.15, -0.1) is 0 Å². The number of hydrogen-bond acceptors (Lipinski definition) is 3. The van der Waals surface area contributed by atoms with E-state index in [4.69, 9.17) is 11.6 Å². The smallest absolute Gasteiger partial charge is 0.317 e. The Kier molecular flexibility index (Phi) is 6.53. The van der Waals surface area contributed by atoms with Gasteiger partial charge in [-0.25, -0.2) is 17.6 Å². The Morgan fingerprint density at radius 2 is 1.75 bits per heavy atom. The van der Waals surface area contributed by atoms with Crippen molar-refractivity contribution >= 4 is 27.7 Å². The lowest BCUT2D eigenvalue weighted by molar-refractivity contribution is 0.172. The van der Waals surface area contributed by atoms with Gasteiger partial charge in [-0.1, -0.05) is 23.7 Å². The van der Waals surface area contributed by atoms with Crippen molar-refractivity contribution in [3.63, 3.8) is 0 Å². The monoisotopic (exact) mass is 425 g/mol. The molecule has 0 spiro atoms. The fourth-order valence-corrected chi connectivity index (χ4v) is 4.64. The van der Waals surface area contributed by atoms with Crippen LogP contribution in [0.1, 0.15) is 5.56 Å². The highest BCUT2D eigenvalue weighted by Gasteiger charge is 2.30. The summed E-state index contributed by atoms with van der Waals surface area (Å²) in [6.07, 6.45) is 0.658. The largest absolute Gasteiger partial charge is 0.338 e. The van der Waals surface area contributed by atoms with Gasteiger partial charge in [-0.05, 0) is 48.4 Å². The minimum atomic E-state index is -3.69. The summed E-state index contributed by atoms with van der Waals surface area (Å²) in [5.41, 5.74) is 1.03. The first-order valence-electron chi connectivity index (χ1n) is 8.89. The van der Waals surface area contributed by atoms with Gasteiger partial charge in [0, 0.05) is 37.7 Å². The van der Waals surface area contributed by atoms with Crippen LogP contribution < -0.4 is 5.32 Å². The second kappa shape index (κ2) is 8.89. The van der Waals surface area contributed by atoms with Crippen LogP contribution in [0.15, 0.2) is 53.4 Å². The maximum absolute atomic E-state index is 13.0. The molecule has 0 radical (unpaired) electrons. The van der Waals surface area contributed by atoms with E-state index in [0.717, 1.165) is 17.7 Å². The lowest BCUT2D eigenvalue weighted by Gasteiger charge is -2.34. The summed E-state index contributed by atoms with van der Waals surface area (Å²) in [6, 6.07) is 12.0. The summed E-state index contributed by atoms with van der Waals surface area (Å²) >= 11 is 5.94. The molecule has 0 saturated carbocycles. The molecular formula is C19H21ClFN3O3S. The second-order valence-electron chi connectivity index (χ2n) is 6.46. The van der Waals surface area contributed by atoms with Gasteiger partial charge < -0.3 is 10.2 Å². The number of hydrogen-bond donors (Lipinski definition) is 1. The number of rotatable bonds is 5. The third-order valence-electron chi connectivity index (χ3n) is 4.56. The first-order valence-corrected chi connectivity index (χ1v) is 10.7. The number of halogens is 2. The summed E-state index contributed by atoms with van der Waals surface area (Å²) in [5, 5.41) is 3.50. The van der Waals surface area contributed by atoms with Crippen LogP contribution in [-0.4, -0.2) is 56.4 Å². The standard InChI is InChI=1S/C19H21ClFN3O3S/c20-16-3-1-2-15(14-16)8-9-22-19(25)23-10-12-24(13-11-23)28(26,27)18-6-4-17(21)5-7-18/h1-7,14H,8-13H2,(H,22,25). The summed E-state index contributed by atoms with van der Waals surface area (Å²) in [6.45, 7) is 1.45. The zero-order valence-electron chi connectivity index (χ0n) is 15.1. The minimum absolute atomic E-state index is 0.0494. The van der Waals surface area contributed by atoms with Crippen molar-refractivity contribution in [2.24, 2.45) is 0 Å². The van der Waals surface area contributed by atoms with Crippen LogP contribution in [-0.2, 0) is 16.4 Å². The van der Waals surface area contributed by atoms with Crippen LogP contribution in [0.25, 0.3) is 0 Å². The molecule has 1 heterocycles. The van der Waals surface area contributed by atoms with Gasteiger partial charge in [0.2, 0.25) is 10.0 Å². The predicted molar refractivity (Wildman–Crippen MR) is 105 cm³/mol. The molecule has 1 saturated heterocycles. The Morgan fingerprint density at radius 1 is 1.07 bits per heavy atom. The molecule has 0 aromatic heterocycles. The average Bonchev–Trinajstić information content (AvgIpc) is 2.68. The summed E-state index contributed by atoms with van der Waals surface area (Å²) in [4.78, 5) is 13.9. The van der Waals surface area contributed by atoms with Gasteiger partial charge in [0.1, 0.15) is 5.82 Å². The molecular weight excluding hydrogens is 405 g/mol. The number of urea groups is 1. The van der Waals surface area contributed by atoms with Gasteiger partial charge in [0.25, 0.3) is 0 Å². The van der Waals surface area contributed by atoms with E-state index in [-0.39, 0.29) is 24.0 Å². The van der Waals surface area contributed by atoms with E-state index >= 15 is 0 Å². The molecule has 150 valence electrons. The molecule has 0 aliphatic carbocycles. The summed E-state index contributed by atoms with van der Waals surface area (Å²) < 4.78 is 39.5. The molecule has 1 aliphatic heterocycles. The lowest BCUT2D eigenvalue weighted by atomic mass is 10.1. The molecule has 0 atom stereocenters. The number of sulfonamides is 1. The van der Waals surface area contributed by atoms with Gasteiger partial charge in [-0.3, -0.25) is 0 Å². The third kappa shape index (κ3) is 5.01. The Bertz CT molecular complexity index is 930. The van der Waals surface area contributed by atoms with E-state index in [1.54, 1.807) is 11.0 Å². The second-order valence-corrected chi connectivity index (χ2v) is 8.83. The highest BCUT2D eigenvalue weighted by molar-refractivity contribution is 7.89.